The lowest BCUT2D eigenvalue weighted by atomic mass is 10.1. The van der Waals surface area contributed by atoms with Gasteiger partial charge in [0.15, 0.2) is 0 Å². The molecule has 3 nitrogen and oxygen atoms in total. The second-order valence-electron chi connectivity index (χ2n) is 3.82. The van der Waals surface area contributed by atoms with E-state index in [1.807, 2.05) is 37.3 Å². The van der Waals surface area contributed by atoms with Gasteiger partial charge in [0.05, 0.1) is 6.61 Å². The van der Waals surface area contributed by atoms with Crippen molar-refractivity contribution in [1.82, 2.24) is 4.90 Å². The fraction of sp³-hybridized carbons (Fsp3) is 0.462. The lowest BCUT2D eigenvalue weighted by molar-refractivity contribution is -0.131. The number of rotatable bonds is 6. The molecule has 0 aliphatic carbocycles. The van der Waals surface area contributed by atoms with E-state index in [1.54, 1.807) is 4.90 Å². The molecule has 0 aliphatic heterocycles. The van der Waals surface area contributed by atoms with Gasteiger partial charge in [-0.3, -0.25) is 4.79 Å². The topological polar surface area (TPSA) is 40.5 Å². The van der Waals surface area contributed by atoms with Crippen molar-refractivity contribution < 1.29 is 9.90 Å². The van der Waals surface area contributed by atoms with Crippen LogP contribution < -0.4 is 0 Å². The molecule has 17 heavy (non-hydrogen) atoms. The molecule has 94 valence electrons. The minimum absolute atomic E-state index is 0.0376. The van der Waals surface area contributed by atoms with Crippen molar-refractivity contribution in [2.45, 2.75) is 18.7 Å². The van der Waals surface area contributed by atoms with Crippen LogP contribution >= 0.6 is 11.6 Å². The molecular weight excluding hydrogens is 238 g/mol. The maximum atomic E-state index is 12.1. The standard InChI is InChI=1S/C13H18ClNO2/c1-2-8-15(9-10-16)13(17)12(14)11-6-4-3-5-7-11/h3-7,12,16H,2,8-10H2,1H3. The highest BCUT2D eigenvalue weighted by Gasteiger charge is 2.22. The predicted octanol–water partition coefficient (Wildman–Crippen LogP) is 2.20. The van der Waals surface area contributed by atoms with Crippen molar-refractivity contribution >= 4 is 17.5 Å². The third kappa shape index (κ3) is 4.02. The van der Waals surface area contributed by atoms with Crippen LogP contribution in [-0.2, 0) is 4.79 Å². The highest BCUT2D eigenvalue weighted by Crippen LogP contribution is 2.22. The summed E-state index contributed by atoms with van der Waals surface area (Å²) in [6.45, 7) is 2.91. The number of amides is 1. The molecule has 0 heterocycles. The molecule has 0 saturated carbocycles. The summed E-state index contributed by atoms with van der Waals surface area (Å²) in [5.41, 5.74) is 0.790. The first-order valence-electron chi connectivity index (χ1n) is 5.79. The first kappa shape index (κ1) is 14.0. The van der Waals surface area contributed by atoms with Gasteiger partial charge < -0.3 is 10.0 Å². The number of halogens is 1. The molecule has 0 saturated heterocycles. The molecule has 1 unspecified atom stereocenters. The summed E-state index contributed by atoms with van der Waals surface area (Å²) in [5, 5.41) is 8.26. The van der Waals surface area contributed by atoms with Crippen molar-refractivity contribution in [3.8, 4) is 0 Å². The number of aliphatic hydroxyl groups is 1. The molecule has 0 radical (unpaired) electrons. The maximum absolute atomic E-state index is 12.1. The van der Waals surface area contributed by atoms with Crippen molar-refractivity contribution in [1.29, 1.82) is 0 Å². The van der Waals surface area contributed by atoms with Gasteiger partial charge in [-0.05, 0) is 12.0 Å². The van der Waals surface area contributed by atoms with Gasteiger partial charge in [0.25, 0.3) is 0 Å². The fourth-order valence-corrected chi connectivity index (χ4v) is 1.93. The van der Waals surface area contributed by atoms with E-state index >= 15 is 0 Å². The zero-order chi connectivity index (χ0) is 12.7. The highest BCUT2D eigenvalue weighted by molar-refractivity contribution is 6.30. The second-order valence-corrected chi connectivity index (χ2v) is 4.26. The van der Waals surface area contributed by atoms with Crippen molar-refractivity contribution in [3.63, 3.8) is 0 Å². The monoisotopic (exact) mass is 255 g/mol. The summed E-state index contributed by atoms with van der Waals surface area (Å²) < 4.78 is 0. The van der Waals surface area contributed by atoms with Crippen molar-refractivity contribution in [2.24, 2.45) is 0 Å². The Hall–Kier alpha value is -1.06. The van der Waals surface area contributed by atoms with Crippen LogP contribution in [-0.4, -0.2) is 35.6 Å². The number of aliphatic hydroxyl groups excluding tert-OH is 1. The van der Waals surface area contributed by atoms with Crippen molar-refractivity contribution in [2.75, 3.05) is 19.7 Å². The van der Waals surface area contributed by atoms with E-state index in [4.69, 9.17) is 16.7 Å². The van der Waals surface area contributed by atoms with Gasteiger partial charge in [-0.15, -0.1) is 11.6 Å². The van der Waals surface area contributed by atoms with Crippen LogP contribution in [0.5, 0.6) is 0 Å². The molecule has 1 N–H and O–H groups in total. The van der Waals surface area contributed by atoms with Crippen molar-refractivity contribution in [3.05, 3.63) is 35.9 Å². The van der Waals surface area contributed by atoms with Gasteiger partial charge in [0, 0.05) is 13.1 Å². The predicted molar refractivity (Wildman–Crippen MR) is 69.0 cm³/mol. The summed E-state index contributed by atoms with van der Waals surface area (Å²) >= 11 is 6.15. The fourth-order valence-electron chi connectivity index (χ4n) is 1.65. The Morgan fingerprint density at radius 3 is 2.53 bits per heavy atom. The molecule has 1 atom stereocenters. The van der Waals surface area contributed by atoms with Gasteiger partial charge in [0.1, 0.15) is 5.38 Å². The minimum atomic E-state index is -0.672. The van der Waals surface area contributed by atoms with Crippen LogP contribution in [0.3, 0.4) is 0 Å². The van der Waals surface area contributed by atoms with Crippen LogP contribution in [0.25, 0.3) is 0 Å². The Bertz CT molecular complexity index is 337. The molecule has 0 aromatic heterocycles. The Labute approximate surface area is 107 Å². The Morgan fingerprint density at radius 1 is 1.35 bits per heavy atom. The van der Waals surface area contributed by atoms with Gasteiger partial charge in [-0.1, -0.05) is 37.3 Å². The van der Waals surface area contributed by atoms with E-state index < -0.39 is 5.38 Å². The zero-order valence-corrected chi connectivity index (χ0v) is 10.7. The molecule has 4 heteroatoms. The van der Waals surface area contributed by atoms with Gasteiger partial charge in [0.2, 0.25) is 5.91 Å². The number of hydrogen-bond acceptors (Lipinski definition) is 2. The summed E-state index contributed by atoms with van der Waals surface area (Å²) in [4.78, 5) is 13.7. The molecule has 0 aliphatic rings. The summed E-state index contributed by atoms with van der Waals surface area (Å²) in [7, 11) is 0. The number of nitrogens with zero attached hydrogens (tertiary/aromatic N) is 1. The molecule has 1 aromatic rings. The third-order valence-electron chi connectivity index (χ3n) is 2.48. The first-order chi connectivity index (χ1) is 8.20. The quantitative estimate of drug-likeness (QED) is 0.792. The van der Waals surface area contributed by atoms with Crippen LogP contribution in [0.15, 0.2) is 30.3 Å². The molecule has 1 amide bonds. The average molecular weight is 256 g/mol. The third-order valence-corrected chi connectivity index (χ3v) is 2.92. The van der Waals surface area contributed by atoms with E-state index in [1.165, 1.54) is 0 Å². The van der Waals surface area contributed by atoms with Crippen LogP contribution in [0.2, 0.25) is 0 Å². The Kier molecular flexibility index (Phi) is 6.01. The van der Waals surface area contributed by atoms with Gasteiger partial charge in [-0.2, -0.15) is 0 Å². The van der Waals surface area contributed by atoms with E-state index in [-0.39, 0.29) is 12.5 Å². The largest absolute Gasteiger partial charge is 0.395 e. The second kappa shape index (κ2) is 7.30. The zero-order valence-electron chi connectivity index (χ0n) is 9.97. The van der Waals surface area contributed by atoms with Gasteiger partial charge in [-0.25, -0.2) is 0 Å². The molecule has 0 bridgehead atoms. The Morgan fingerprint density at radius 2 is 2.00 bits per heavy atom. The molecule has 0 spiro atoms. The van der Waals surface area contributed by atoms with E-state index in [0.717, 1.165) is 12.0 Å². The van der Waals surface area contributed by atoms with E-state index in [0.29, 0.717) is 13.1 Å². The van der Waals surface area contributed by atoms with Crippen LogP contribution in [0.4, 0.5) is 0 Å². The highest BCUT2D eigenvalue weighted by atomic mass is 35.5. The summed E-state index contributed by atoms with van der Waals surface area (Å²) in [6.07, 6.45) is 0.851. The molecule has 1 rings (SSSR count). The summed E-state index contributed by atoms with van der Waals surface area (Å²) in [6, 6.07) is 9.26. The number of benzene rings is 1. The van der Waals surface area contributed by atoms with Gasteiger partial charge >= 0.3 is 0 Å². The van der Waals surface area contributed by atoms with Crippen LogP contribution in [0, 0.1) is 0 Å². The Balaban J connectivity index is 2.73. The van der Waals surface area contributed by atoms with E-state index in [9.17, 15) is 4.79 Å². The number of carbonyl (C=O) groups excluding carboxylic acids is 1. The van der Waals surface area contributed by atoms with Crippen LogP contribution in [0.1, 0.15) is 24.3 Å². The minimum Gasteiger partial charge on any atom is -0.395 e. The lowest BCUT2D eigenvalue weighted by Gasteiger charge is -2.23. The SMILES string of the molecule is CCCN(CCO)C(=O)C(Cl)c1ccccc1. The molecule has 0 fully saturated rings. The lowest BCUT2D eigenvalue weighted by Crippen LogP contribution is -2.36. The summed E-state index contributed by atoms with van der Waals surface area (Å²) in [5.74, 6) is -0.145. The number of alkyl halides is 1. The smallest absolute Gasteiger partial charge is 0.245 e. The number of hydrogen-bond donors (Lipinski definition) is 1. The normalized spacial score (nSPS) is 12.2. The average Bonchev–Trinajstić information content (AvgIpc) is 2.38. The first-order valence-corrected chi connectivity index (χ1v) is 6.23. The molecular formula is C13H18ClNO2. The maximum Gasteiger partial charge on any atom is 0.245 e. The van der Waals surface area contributed by atoms with E-state index in [2.05, 4.69) is 0 Å². The molecule has 1 aromatic carbocycles. The number of carbonyl (C=O) groups is 1.